The molecule has 0 radical (unpaired) electrons. The SMILES string of the molecule is CCC(O)c1nc2ccccc2n1CCOc1ccccc1. The molecule has 3 aromatic rings. The topological polar surface area (TPSA) is 47.3 Å². The second kappa shape index (κ2) is 6.62. The highest BCUT2D eigenvalue weighted by Gasteiger charge is 2.16. The van der Waals surface area contributed by atoms with E-state index < -0.39 is 6.10 Å². The summed E-state index contributed by atoms with van der Waals surface area (Å²) in [7, 11) is 0. The smallest absolute Gasteiger partial charge is 0.138 e. The molecule has 22 heavy (non-hydrogen) atoms. The normalized spacial score (nSPS) is 12.5. The van der Waals surface area contributed by atoms with Gasteiger partial charge in [-0.05, 0) is 30.7 Å². The summed E-state index contributed by atoms with van der Waals surface area (Å²) < 4.78 is 7.81. The van der Waals surface area contributed by atoms with Crippen LogP contribution in [0.4, 0.5) is 0 Å². The summed E-state index contributed by atoms with van der Waals surface area (Å²) in [6, 6.07) is 17.7. The molecule has 114 valence electrons. The van der Waals surface area contributed by atoms with Gasteiger partial charge in [0.2, 0.25) is 0 Å². The average Bonchev–Trinajstić information content (AvgIpc) is 2.94. The van der Waals surface area contributed by atoms with E-state index in [0.717, 1.165) is 16.8 Å². The predicted molar refractivity (Wildman–Crippen MR) is 86.9 cm³/mol. The van der Waals surface area contributed by atoms with Gasteiger partial charge in [0, 0.05) is 0 Å². The van der Waals surface area contributed by atoms with Crippen molar-refractivity contribution >= 4 is 11.0 Å². The number of rotatable bonds is 6. The maximum Gasteiger partial charge on any atom is 0.138 e. The number of aromatic nitrogens is 2. The Labute approximate surface area is 130 Å². The number of imidazole rings is 1. The zero-order valence-electron chi connectivity index (χ0n) is 12.6. The molecule has 0 saturated heterocycles. The minimum Gasteiger partial charge on any atom is -0.492 e. The quantitative estimate of drug-likeness (QED) is 0.756. The van der Waals surface area contributed by atoms with Crippen LogP contribution >= 0.6 is 0 Å². The fourth-order valence-corrected chi connectivity index (χ4v) is 2.54. The van der Waals surface area contributed by atoms with Crippen LogP contribution in [-0.2, 0) is 6.54 Å². The van der Waals surface area contributed by atoms with Crippen molar-refractivity contribution in [3.63, 3.8) is 0 Å². The molecule has 1 aromatic heterocycles. The molecule has 0 aliphatic carbocycles. The van der Waals surface area contributed by atoms with Crippen LogP contribution in [0.3, 0.4) is 0 Å². The Morgan fingerprint density at radius 1 is 1.09 bits per heavy atom. The van der Waals surface area contributed by atoms with Gasteiger partial charge in [-0.2, -0.15) is 0 Å². The number of fused-ring (bicyclic) bond motifs is 1. The van der Waals surface area contributed by atoms with Crippen LogP contribution in [0.15, 0.2) is 54.6 Å². The largest absolute Gasteiger partial charge is 0.492 e. The number of para-hydroxylation sites is 3. The lowest BCUT2D eigenvalue weighted by Gasteiger charge is -2.13. The number of benzene rings is 2. The van der Waals surface area contributed by atoms with E-state index in [4.69, 9.17) is 4.74 Å². The maximum absolute atomic E-state index is 10.2. The standard InChI is InChI=1S/C18H20N2O2/c1-2-17(21)18-19-15-10-6-7-11-16(15)20(18)12-13-22-14-8-4-3-5-9-14/h3-11,17,21H,2,12-13H2,1H3. The molecular formula is C18H20N2O2. The highest BCUT2D eigenvalue weighted by atomic mass is 16.5. The number of ether oxygens (including phenoxy) is 1. The fourth-order valence-electron chi connectivity index (χ4n) is 2.54. The minimum absolute atomic E-state index is 0.536. The van der Waals surface area contributed by atoms with Crippen LogP contribution < -0.4 is 4.74 Å². The molecule has 0 bridgehead atoms. The molecule has 0 fully saturated rings. The molecule has 1 unspecified atom stereocenters. The highest BCUT2D eigenvalue weighted by molar-refractivity contribution is 5.76. The van der Waals surface area contributed by atoms with E-state index in [9.17, 15) is 5.11 Å². The number of nitrogens with zero attached hydrogens (tertiary/aromatic N) is 2. The van der Waals surface area contributed by atoms with Crippen molar-refractivity contribution in [2.45, 2.75) is 26.0 Å². The zero-order valence-corrected chi connectivity index (χ0v) is 12.6. The second-order valence-electron chi connectivity index (χ2n) is 5.20. The summed E-state index contributed by atoms with van der Waals surface area (Å²) in [5, 5.41) is 10.2. The van der Waals surface area contributed by atoms with Crippen molar-refractivity contribution in [2.75, 3.05) is 6.61 Å². The molecule has 3 rings (SSSR count). The van der Waals surface area contributed by atoms with Crippen LogP contribution in [0.25, 0.3) is 11.0 Å². The first-order valence-corrected chi connectivity index (χ1v) is 7.60. The van der Waals surface area contributed by atoms with Gasteiger partial charge < -0.3 is 14.4 Å². The number of hydrogen-bond donors (Lipinski definition) is 1. The van der Waals surface area contributed by atoms with Crippen LogP contribution in [-0.4, -0.2) is 21.3 Å². The molecule has 4 nitrogen and oxygen atoms in total. The molecule has 0 aliphatic heterocycles. The first-order chi connectivity index (χ1) is 10.8. The van der Waals surface area contributed by atoms with Crippen molar-refractivity contribution in [3.05, 3.63) is 60.4 Å². The van der Waals surface area contributed by atoms with E-state index in [-0.39, 0.29) is 0 Å². The lowest BCUT2D eigenvalue weighted by molar-refractivity contribution is 0.157. The van der Waals surface area contributed by atoms with Crippen molar-refractivity contribution in [1.29, 1.82) is 0 Å². The highest BCUT2D eigenvalue weighted by Crippen LogP contribution is 2.22. The third-order valence-corrected chi connectivity index (χ3v) is 3.70. The number of hydrogen-bond acceptors (Lipinski definition) is 3. The van der Waals surface area contributed by atoms with Gasteiger partial charge in [-0.25, -0.2) is 4.98 Å². The van der Waals surface area contributed by atoms with Gasteiger partial charge in [0.15, 0.2) is 0 Å². The Hall–Kier alpha value is -2.33. The van der Waals surface area contributed by atoms with Gasteiger partial charge in [0.1, 0.15) is 24.3 Å². The molecule has 0 spiro atoms. The molecule has 4 heteroatoms. The first kappa shape index (κ1) is 14.6. The van der Waals surface area contributed by atoms with Gasteiger partial charge >= 0.3 is 0 Å². The van der Waals surface area contributed by atoms with E-state index in [0.29, 0.717) is 25.4 Å². The molecule has 1 atom stereocenters. The van der Waals surface area contributed by atoms with Crippen molar-refractivity contribution in [3.8, 4) is 5.75 Å². The molecule has 0 saturated carbocycles. The monoisotopic (exact) mass is 296 g/mol. The van der Waals surface area contributed by atoms with E-state index in [1.165, 1.54) is 0 Å². The molecule has 0 aliphatic rings. The summed E-state index contributed by atoms with van der Waals surface area (Å²) in [5.74, 6) is 1.56. The van der Waals surface area contributed by atoms with E-state index in [1.807, 2.05) is 66.1 Å². The predicted octanol–water partition coefficient (Wildman–Crippen LogP) is 3.56. The van der Waals surface area contributed by atoms with Crippen molar-refractivity contribution in [1.82, 2.24) is 9.55 Å². The van der Waals surface area contributed by atoms with Crippen LogP contribution in [0.2, 0.25) is 0 Å². The molecule has 2 aromatic carbocycles. The summed E-state index contributed by atoms with van der Waals surface area (Å²) in [6.07, 6.45) is 0.0900. The minimum atomic E-state index is -0.552. The summed E-state index contributed by atoms with van der Waals surface area (Å²) in [4.78, 5) is 4.57. The Morgan fingerprint density at radius 2 is 1.82 bits per heavy atom. The Balaban J connectivity index is 1.82. The third kappa shape index (κ3) is 2.97. The molecule has 1 heterocycles. The summed E-state index contributed by atoms with van der Waals surface area (Å²) >= 11 is 0. The van der Waals surface area contributed by atoms with E-state index in [2.05, 4.69) is 4.98 Å². The molecule has 1 N–H and O–H groups in total. The average molecular weight is 296 g/mol. The summed E-state index contributed by atoms with van der Waals surface area (Å²) in [6.45, 7) is 3.14. The maximum atomic E-state index is 10.2. The van der Waals surface area contributed by atoms with Gasteiger partial charge in [-0.1, -0.05) is 37.3 Å². The molecular weight excluding hydrogens is 276 g/mol. The van der Waals surface area contributed by atoms with Crippen LogP contribution in [0.5, 0.6) is 5.75 Å². The Morgan fingerprint density at radius 3 is 2.59 bits per heavy atom. The van der Waals surface area contributed by atoms with Crippen LogP contribution in [0.1, 0.15) is 25.3 Å². The zero-order chi connectivity index (χ0) is 15.4. The van der Waals surface area contributed by atoms with Gasteiger partial charge in [0.05, 0.1) is 17.6 Å². The van der Waals surface area contributed by atoms with Gasteiger partial charge in [-0.15, -0.1) is 0 Å². The first-order valence-electron chi connectivity index (χ1n) is 7.60. The Kier molecular flexibility index (Phi) is 4.39. The van der Waals surface area contributed by atoms with Crippen molar-refractivity contribution in [2.24, 2.45) is 0 Å². The summed E-state index contributed by atoms with van der Waals surface area (Å²) in [5.41, 5.74) is 1.94. The second-order valence-corrected chi connectivity index (χ2v) is 5.20. The van der Waals surface area contributed by atoms with E-state index >= 15 is 0 Å². The lowest BCUT2D eigenvalue weighted by Crippen LogP contribution is -2.13. The Bertz CT molecular complexity index is 737. The van der Waals surface area contributed by atoms with Gasteiger partial charge in [-0.3, -0.25) is 0 Å². The number of aliphatic hydroxyl groups is 1. The fraction of sp³-hybridized carbons (Fsp3) is 0.278. The molecule has 0 amide bonds. The number of aliphatic hydroxyl groups excluding tert-OH is 1. The van der Waals surface area contributed by atoms with Gasteiger partial charge in [0.25, 0.3) is 0 Å². The lowest BCUT2D eigenvalue weighted by atomic mass is 10.2. The van der Waals surface area contributed by atoms with Crippen molar-refractivity contribution < 1.29 is 9.84 Å². The van der Waals surface area contributed by atoms with Crippen LogP contribution in [0, 0.1) is 0 Å². The third-order valence-electron chi connectivity index (χ3n) is 3.70. The van der Waals surface area contributed by atoms with E-state index in [1.54, 1.807) is 0 Å².